The van der Waals surface area contributed by atoms with E-state index in [1.807, 2.05) is 12.1 Å². The van der Waals surface area contributed by atoms with E-state index in [9.17, 15) is 4.39 Å². The van der Waals surface area contributed by atoms with Crippen LogP contribution in [0, 0.1) is 5.82 Å². The third-order valence-corrected chi connectivity index (χ3v) is 4.39. The van der Waals surface area contributed by atoms with Gasteiger partial charge in [0.1, 0.15) is 5.82 Å². The molecule has 0 amide bonds. The van der Waals surface area contributed by atoms with Crippen molar-refractivity contribution in [3.8, 4) is 0 Å². The molecule has 0 aliphatic heterocycles. The molecule has 1 aliphatic rings. The molecule has 0 heterocycles. The van der Waals surface area contributed by atoms with Gasteiger partial charge in [-0.05, 0) is 66.4 Å². The highest BCUT2D eigenvalue weighted by Crippen LogP contribution is 2.23. The second-order valence-electron chi connectivity index (χ2n) is 5.23. The Kier molecular flexibility index (Phi) is 4.76. The molecular weight excluding hydrogens is 295 g/mol. The molecule has 2 N–H and O–H groups in total. The van der Waals surface area contributed by atoms with Crippen LogP contribution in [0.1, 0.15) is 31.2 Å². The Labute approximate surface area is 116 Å². The maximum Gasteiger partial charge on any atom is 0.137 e. The molecule has 0 aromatic heterocycles. The van der Waals surface area contributed by atoms with Gasteiger partial charge >= 0.3 is 0 Å². The van der Waals surface area contributed by atoms with Crippen LogP contribution in [0.3, 0.4) is 0 Å². The summed E-state index contributed by atoms with van der Waals surface area (Å²) in [5.41, 5.74) is 7.06. The van der Waals surface area contributed by atoms with E-state index in [0.29, 0.717) is 16.6 Å². The molecule has 0 bridgehead atoms. The van der Waals surface area contributed by atoms with Gasteiger partial charge in [0.05, 0.1) is 4.47 Å². The molecule has 1 saturated carbocycles. The first kappa shape index (κ1) is 14.0. The summed E-state index contributed by atoms with van der Waals surface area (Å²) in [7, 11) is 2.14. The second-order valence-corrected chi connectivity index (χ2v) is 6.09. The normalized spacial score (nSPS) is 24.5. The fourth-order valence-electron chi connectivity index (χ4n) is 2.60. The van der Waals surface area contributed by atoms with Crippen LogP contribution in [0.25, 0.3) is 0 Å². The molecule has 0 unspecified atom stereocenters. The lowest BCUT2D eigenvalue weighted by Gasteiger charge is -2.33. The van der Waals surface area contributed by atoms with Crippen molar-refractivity contribution in [2.24, 2.45) is 5.73 Å². The Morgan fingerprint density at radius 1 is 1.33 bits per heavy atom. The van der Waals surface area contributed by atoms with Gasteiger partial charge in [-0.1, -0.05) is 6.07 Å². The summed E-state index contributed by atoms with van der Waals surface area (Å²) < 4.78 is 13.7. The average Bonchev–Trinajstić information content (AvgIpc) is 2.34. The van der Waals surface area contributed by atoms with Gasteiger partial charge in [-0.25, -0.2) is 4.39 Å². The minimum absolute atomic E-state index is 0.204. The van der Waals surface area contributed by atoms with Crippen molar-refractivity contribution in [3.63, 3.8) is 0 Å². The van der Waals surface area contributed by atoms with Gasteiger partial charge in [-0.3, -0.25) is 4.90 Å². The van der Waals surface area contributed by atoms with E-state index in [1.54, 1.807) is 0 Å². The zero-order valence-electron chi connectivity index (χ0n) is 10.7. The van der Waals surface area contributed by atoms with Crippen molar-refractivity contribution in [1.29, 1.82) is 0 Å². The van der Waals surface area contributed by atoms with Gasteiger partial charge in [0, 0.05) is 18.6 Å². The van der Waals surface area contributed by atoms with Gasteiger partial charge in [0.25, 0.3) is 0 Å². The molecular formula is C14H20BrFN2. The van der Waals surface area contributed by atoms with Gasteiger partial charge in [0.15, 0.2) is 0 Å². The predicted octanol–water partition coefficient (Wildman–Crippen LogP) is 3.29. The third-order valence-electron chi connectivity index (χ3n) is 3.78. The highest BCUT2D eigenvalue weighted by Gasteiger charge is 2.21. The van der Waals surface area contributed by atoms with E-state index in [1.165, 1.54) is 18.9 Å². The van der Waals surface area contributed by atoms with E-state index in [0.717, 1.165) is 24.9 Å². The fraction of sp³-hybridized carbons (Fsp3) is 0.571. The molecule has 100 valence electrons. The van der Waals surface area contributed by atoms with Crippen LogP contribution in [0.5, 0.6) is 0 Å². The van der Waals surface area contributed by atoms with Crippen LogP contribution < -0.4 is 5.73 Å². The number of hydrogen-bond donors (Lipinski definition) is 1. The lowest BCUT2D eigenvalue weighted by molar-refractivity contribution is 0.176. The lowest BCUT2D eigenvalue weighted by atomic mass is 9.91. The summed E-state index contributed by atoms with van der Waals surface area (Å²) in [6, 6.07) is 6.22. The zero-order chi connectivity index (χ0) is 13.1. The van der Waals surface area contributed by atoms with Gasteiger partial charge in [-0.15, -0.1) is 0 Å². The Hall–Kier alpha value is -0.450. The largest absolute Gasteiger partial charge is 0.328 e. The molecule has 0 spiro atoms. The van der Waals surface area contributed by atoms with E-state index >= 15 is 0 Å². The summed E-state index contributed by atoms with van der Waals surface area (Å²) in [6.45, 7) is 0.860. The zero-order valence-corrected chi connectivity index (χ0v) is 12.3. The maximum absolute atomic E-state index is 13.2. The Morgan fingerprint density at radius 3 is 2.61 bits per heavy atom. The van der Waals surface area contributed by atoms with Crippen LogP contribution in [-0.4, -0.2) is 24.0 Å². The highest BCUT2D eigenvalue weighted by atomic mass is 79.9. The van der Waals surface area contributed by atoms with E-state index in [-0.39, 0.29) is 5.82 Å². The van der Waals surface area contributed by atoms with Crippen LogP contribution >= 0.6 is 15.9 Å². The number of halogens is 2. The number of benzene rings is 1. The molecule has 0 radical (unpaired) electrons. The Bertz CT molecular complexity index is 403. The van der Waals surface area contributed by atoms with Crippen molar-refractivity contribution < 1.29 is 4.39 Å². The Balaban J connectivity index is 1.94. The van der Waals surface area contributed by atoms with E-state index in [2.05, 4.69) is 27.9 Å². The van der Waals surface area contributed by atoms with Crippen molar-refractivity contribution in [3.05, 3.63) is 34.1 Å². The molecule has 4 heteroatoms. The van der Waals surface area contributed by atoms with Crippen LogP contribution in [-0.2, 0) is 6.54 Å². The molecule has 2 rings (SSSR count). The summed E-state index contributed by atoms with van der Waals surface area (Å²) in [5.74, 6) is -0.204. The summed E-state index contributed by atoms with van der Waals surface area (Å²) >= 11 is 3.23. The van der Waals surface area contributed by atoms with Crippen LogP contribution in [0.2, 0.25) is 0 Å². The number of nitrogens with zero attached hydrogens (tertiary/aromatic N) is 1. The van der Waals surface area contributed by atoms with Crippen molar-refractivity contribution in [2.45, 2.75) is 44.3 Å². The third kappa shape index (κ3) is 3.53. The first-order valence-electron chi connectivity index (χ1n) is 6.46. The quantitative estimate of drug-likeness (QED) is 0.927. The SMILES string of the molecule is CN(Cc1ccc(F)c(Br)c1)C1CCC(N)CC1. The van der Waals surface area contributed by atoms with Gasteiger partial charge in [-0.2, -0.15) is 0 Å². The summed E-state index contributed by atoms with van der Waals surface area (Å²) in [6.07, 6.45) is 4.56. The van der Waals surface area contributed by atoms with Crippen molar-refractivity contribution >= 4 is 15.9 Å². The standard InChI is InChI=1S/C14H20BrFN2/c1-18(12-5-3-11(17)4-6-12)9-10-2-7-14(16)13(15)8-10/h2,7-8,11-12H,3-6,9,17H2,1H3. The van der Waals surface area contributed by atoms with E-state index in [4.69, 9.17) is 5.73 Å². The molecule has 1 aromatic rings. The van der Waals surface area contributed by atoms with Gasteiger partial charge < -0.3 is 5.73 Å². The number of hydrogen-bond acceptors (Lipinski definition) is 2. The topological polar surface area (TPSA) is 29.3 Å². The maximum atomic E-state index is 13.2. The second kappa shape index (κ2) is 6.13. The van der Waals surface area contributed by atoms with Crippen LogP contribution in [0.15, 0.2) is 22.7 Å². The van der Waals surface area contributed by atoms with Gasteiger partial charge in [0.2, 0.25) is 0 Å². The molecule has 1 aliphatic carbocycles. The summed E-state index contributed by atoms with van der Waals surface area (Å²) in [4.78, 5) is 2.35. The summed E-state index contributed by atoms with van der Waals surface area (Å²) in [5, 5.41) is 0. The van der Waals surface area contributed by atoms with Crippen LogP contribution in [0.4, 0.5) is 4.39 Å². The molecule has 0 saturated heterocycles. The monoisotopic (exact) mass is 314 g/mol. The first-order valence-corrected chi connectivity index (χ1v) is 7.25. The lowest BCUT2D eigenvalue weighted by Crippen LogP contribution is -2.38. The number of rotatable bonds is 3. The fourth-order valence-corrected chi connectivity index (χ4v) is 3.02. The minimum Gasteiger partial charge on any atom is -0.328 e. The average molecular weight is 315 g/mol. The minimum atomic E-state index is -0.204. The van der Waals surface area contributed by atoms with E-state index < -0.39 is 0 Å². The first-order chi connectivity index (χ1) is 8.56. The molecule has 18 heavy (non-hydrogen) atoms. The molecule has 1 fully saturated rings. The molecule has 2 nitrogen and oxygen atoms in total. The predicted molar refractivity (Wildman–Crippen MR) is 75.8 cm³/mol. The molecule has 0 atom stereocenters. The highest BCUT2D eigenvalue weighted by molar-refractivity contribution is 9.10. The van der Waals surface area contributed by atoms with Crippen molar-refractivity contribution in [1.82, 2.24) is 4.90 Å². The molecule has 1 aromatic carbocycles. The van der Waals surface area contributed by atoms with Crippen molar-refractivity contribution in [2.75, 3.05) is 7.05 Å². The number of nitrogens with two attached hydrogens (primary N) is 1. The Morgan fingerprint density at radius 2 is 2.00 bits per heavy atom. The smallest absolute Gasteiger partial charge is 0.137 e.